The molecular formula is C12H10FNO4. The highest BCUT2D eigenvalue weighted by molar-refractivity contribution is 6.02. The average molecular weight is 251 g/mol. The molecule has 1 amide bonds. The third-order valence-corrected chi connectivity index (χ3v) is 2.78. The van der Waals surface area contributed by atoms with Gasteiger partial charge in [0.05, 0.1) is 6.54 Å². The minimum atomic E-state index is -1.21. The van der Waals surface area contributed by atoms with Crippen LogP contribution < -0.4 is 0 Å². The van der Waals surface area contributed by atoms with Crippen LogP contribution in [0.1, 0.15) is 16.8 Å². The summed E-state index contributed by atoms with van der Waals surface area (Å²) in [5.74, 6) is -2.57. The number of amides is 1. The van der Waals surface area contributed by atoms with Crippen molar-refractivity contribution in [3.05, 3.63) is 35.6 Å². The van der Waals surface area contributed by atoms with E-state index in [0.29, 0.717) is 0 Å². The van der Waals surface area contributed by atoms with Crippen LogP contribution in [-0.2, 0) is 9.59 Å². The Labute approximate surface area is 102 Å². The fourth-order valence-electron chi connectivity index (χ4n) is 1.88. The van der Waals surface area contributed by atoms with E-state index in [4.69, 9.17) is 5.11 Å². The van der Waals surface area contributed by atoms with Crippen LogP contribution in [0.5, 0.6) is 0 Å². The van der Waals surface area contributed by atoms with Crippen LogP contribution in [0.15, 0.2) is 24.3 Å². The van der Waals surface area contributed by atoms with Crippen molar-refractivity contribution >= 4 is 17.7 Å². The molecule has 1 aliphatic heterocycles. The maximum absolute atomic E-state index is 12.7. The molecule has 1 aromatic rings. The van der Waals surface area contributed by atoms with Gasteiger partial charge in [0.2, 0.25) is 0 Å². The fraction of sp³-hybridized carbons (Fsp3) is 0.250. The first kappa shape index (κ1) is 12.2. The van der Waals surface area contributed by atoms with E-state index in [2.05, 4.69) is 0 Å². The quantitative estimate of drug-likeness (QED) is 0.839. The Bertz CT molecular complexity index is 511. The number of hydrogen-bond acceptors (Lipinski definition) is 3. The van der Waals surface area contributed by atoms with E-state index in [1.165, 1.54) is 12.1 Å². The summed E-state index contributed by atoms with van der Waals surface area (Å²) in [5, 5.41) is 8.94. The highest BCUT2D eigenvalue weighted by atomic mass is 19.1. The van der Waals surface area contributed by atoms with Gasteiger partial charge in [-0.1, -0.05) is 0 Å². The minimum Gasteiger partial charge on any atom is -0.480 e. The molecule has 1 heterocycles. The standard InChI is InChI=1S/C12H10FNO4/c13-8-3-1-7(2-4-8)11(16)14-6-9(15)5-10(14)12(17)18/h1-4,10H,5-6H2,(H,17,18). The summed E-state index contributed by atoms with van der Waals surface area (Å²) < 4.78 is 12.7. The van der Waals surface area contributed by atoms with Crippen molar-refractivity contribution in [2.24, 2.45) is 0 Å². The number of nitrogens with zero attached hydrogens (tertiary/aromatic N) is 1. The molecule has 0 aliphatic carbocycles. The molecule has 0 spiro atoms. The molecule has 6 heteroatoms. The molecule has 94 valence electrons. The molecule has 1 saturated heterocycles. The number of carbonyl (C=O) groups excluding carboxylic acids is 2. The lowest BCUT2D eigenvalue weighted by atomic mass is 10.1. The van der Waals surface area contributed by atoms with Gasteiger partial charge in [0.1, 0.15) is 11.9 Å². The number of rotatable bonds is 2. The monoisotopic (exact) mass is 251 g/mol. The molecule has 2 rings (SSSR count). The number of carboxylic acid groups (broad SMARTS) is 1. The number of Topliss-reactive ketones (excluding diaryl/α,β-unsaturated/α-hetero) is 1. The summed E-state index contributed by atoms with van der Waals surface area (Å²) in [5.41, 5.74) is 0.164. The minimum absolute atomic E-state index is 0.164. The van der Waals surface area contributed by atoms with E-state index in [-0.39, 0.29) is 24.3 Å². The van der Waals surface area contributed by atoms with Gasteiger partial charge in [-0.15, -0.1) is 0 Å². The van der Waals surface area contributed by atoms with Crippen LogP contribution >= 0.6 is 0 Å². The summed E-state index contributed by atoms with van der Waals surface area (Å²) in [6.45, 7) is -0.215. The molecule has 1 aliphatic rings. The zero-order valence-electron chi connectivity index (χ0n) is 9.30. The van der Waals surface area contributed by atoms with Crippen LogP contribution in [0.2, 0.25) is 0 Å². The number of aliphatic carboxylic acids is 1. The van der Waals surface area contributed by atoms with Crippen LogP contribution in [0.4, 0.5) is 4.39 Å². The van der Waals surface area contributed by atoms with Crippen molar-refractivity contribution in [3.63, 3.8) is 0 Å². The average Bonchev–Trinajstić information content (AvgIpc) is 2.71. The fourth-order valence-corrected chi connectivity index (χ4v) is 1.88. The molecule has 0 radical (unpaired) electrons. The SMILES string of the molecule is O=C1CC(C(=O)O)N(C(=O)c2ccc(F)cc2)C1. The maximum Gasteiger partial charge on any atom is 0.326 e. The predicted octanol–water partition coefficient (Wildman–Crippen LogP) is 0.694. The largest absolute Gasteiger partial charge is 0.480 e. The Hall–Kier alpha value is -2.24. The Kier molecular flexibility index (Phi) is 3.10. The summed E-state index contributed by atoms with van der Waals surface area (Å²) in [7, 11) is 0. The van der Waals surface area contributed by atoms with Gasteiger partial charge in [-0.05, 0) is 24.3 Å². The highest BCUT2D eigenvalue weighted by Gasteiger charge is 2.38. The van der Waals surface area contributed by atoms with Gasteiger partial charge in [-0.25, -0.2) is 9.18 Å². The van der Waals surface area contributed by atoms with Gasteiger partial charge in [-0.3, -0.25) is 9.59 Å². The third kappa shape index (κ3) is 2.22. The van der Waals surface area contributed by atoms with Crippen LogP contribution in [0, 0.1) is 5.82 Å². The molecule has 1 aromatic carbocycles. The molecule has 18 heavy (non-hydrogen) atoms. The van der Waals surface area contributed by atoms with Crippen molar-refractivity contribution in [1.29, 1.82) is 0 Å². The van der Waals surface area contributed by atoms with Gasteiger partial charge in [0.25, 0.3) is 5.91 Å². The smallest absolute Gasteiger partial charge is 0.326 e. The summed E-state index contributed by atoms with van der Waals surface area (Å²) in [4.78, 5) is 35.2. The van der Waals surface area contributed by atoms with Crippen molar-refractivity contribution in [3.8, 4) is 0 Å². The number of ketones is 1. The van der Waals surface area contributed by atoms with Crippen LogP contribution in [0.25, 0.3) is 0 Å². The molecule has 1 unspecified atom stereocenters. The lowest BCUT2D eigenvalue weighted by Crippen LogP contribution is -2.40. The molecular weight excluding hydrogens is 241 g/mol. The van der Waals surface area contributed by atoms with Gasteiger partial charge < -0.3 is 10.0 Å². The summed E-state index contributed by atoms with van der Waals surface area (Å²) in [6, 6.07) is 3.62. The normalized spacial score (nSPS) is 19.1. The third-order valence-electron chi connectivity index (χ3n) is 2.78. The van der Waals surface area contributed by atoms with E-state index >= 15 is 0 Å². The van der Waals surface area contributed by atoms with Gasteiger partial charge in [-0.2, -0.15) is 0 Å². The van der Waals surface area contributed by atoms with E-state index in [1.54, 1.807) is 0 Å². The Morgan fingerprint density at radius 1 is 1.28 bits per heavy atom. The van der Waals surface area contributed by atoms with Crippen LogP contribution in [0.3, 0.4) is 0 Å². The zero-order valence-corrected chi connectivity index (χ0v) is 9.30. The Morgan fingerprint density at radius 3 is 2.44 bits per heavy atom. The number of carboxylic acids is 1. The van der Waals surface area contributed by atoms with Crippen molar-refractivity contribution in [2.75, 3.05) is 6.54 Å². The lowest BCUT2D eigenvalue weighted by molar-refractivity contribution is -0.141. The second kappa shape index (κ2) is 4.56. The summed E-state index contributed by atoms with van der Waals surface area (Å²) >= 11 is 0. The Morgan fingerprint density at radius 2 is 1.89 bits per heavy atom. The van der Waals surface area contributed by atoms with Crippen molar-refractivity contribution in [1.82, 2.24) is 4.90 Å². The number of halogens is 1. The van der Waals surface area contributed by atoms with E-state index in [1.807, 2.05) is 0 Å². The zero-order chi connectivity index (χ0) is 13.3. The molecule has 5 nitrogen and oxygen atoms in total. The van der Waals surface area contributed by atoms with Gasteiger partial charge in [0.15, 0.2) is 5.78 Å². The molecule has 0 bridgehead atoms. The molecule has 1 fully saturated rings. The van der Waals surface area contributed by atoms with Crippen molar-refractivity contribution < 1.29 is 23.9 Å². The topological polar surface area (TPSA) is 74.7 Å². The van der Waals surface area contributed by atoms with E-state index in [9.17, 15) is 18.8 Å². The first-order valence-electron chi connectivity index (χ1n) is 5.30. The maximum atomic E-state index is 12.7. The van der Waals surface area contributed by atoms with Gasteiger partial charge >= 0.3 is 5.97 Å². The van der Waals surface area contributed by atoms with Crippen LogP contribution in [-0.4, -0.2) is 40.3 Å². The summed E-state index contributed by atoms with van der Waals surface area (Å²) in [6.07, 6.45) is -0.178. The van der Waals surface area contributed by atoms with Gasteiger partial charge in [0, 0.05) is 12.0 Å². The molecule has 0 aromatic heterocycles. The predicted molar refractivity (Wildman–Crippen MR) is 58.5 cm³/mol. The lowest BCUT2D eigenvalue weighted by Gasteiger charge is -2.20. The molecule has 1 N–H and O–H groups in total. The second-order valence-electron chi connectivity index (χ2n) is 4.04. The molecule has 0 saturated carbocycles. The first-order chi connectivity index (χ1) is 8.49. The molecule has 1 atom stereocenters. The van der Waals surface area contributed by atoms with E-state index < -0.39 is 23.7 Å². The highest BCUT2D eigenvalue weighted by Crippen LogP contribution is 2.18. The number of carbonyl (C=O) groups is 3. The Balaban J connectivity index is 2.25. The second-order valence-corrected chi connectivity index (χ2v) is 4.04. The van der Waals surface area contributed by atoms with E-state index in [0.717, 1.165) is 17.0 Å². The number of hydrogen-bond donors (Lipinski definition) is 1. The first-order valence-corrected chi connectivity index (χ1v) is 5.30. The number of benzene rings is 1. The van der Waals surface area contributed by atoms with Crippen molar-refractivity contribution in [2.45, 2.75) is 12.5 Å². The number of likely N-dealkylation sites (tertiary alicyclic amines) is 1.